The lowest BCUT2D eigenvalue weighted by molar-refractivity contribution is 0.285. The fourth-order valence-corrected chi connectivity index (χ4v) is 0. The highest BCUT2D eigenvalue weighted by molar-refractivity contribution is 6.17. The normalized spacial score (nSPS) is 11.8. The first-order valence-electron chi connectivity index (χ1n) is 1.03. The summed E-state index contributed by atoms with van der Waals surface area (Å²) < 4.78 is 10.7. The molecule has 0 aliphatic heterocycles. The minimum Gasteiger partial charge on any atom is -0.487 e. The van der Waals surface area contributed by atoms with Gasteiger partial charge in [0, 0.05) is 0 Å². The van der Waals surface area contributed by atoms with Gasteiger partial charge in [-0.05, 0) is 0 Å². The Balaban J connectivity index is 3.14. The lowest BCUT2D eigenvalue weighted by Crippen LogP contribution is -1.61. The molecule has 0 heterocycles. The van der Waals surface area contributed by atoms with Crippen molar-refractivity contribution >= 4 is 7.85 Å². The van der Waals surface area contributed by atoms with Crippen molar-refractivity contribution in [2.24, 2.45) is 0 Å². The van der Waals surface area contributed by atoms with E-state index < -0.39 is 6.01 Å². The van der Waals surface area contributed by atoms with Crippen LogP contribution in [0.5, 0.6) is 0 Å². The second-order valence-electron chi connectivity index (χ2n) is 0.489. The molecule has 1 N–H and O–H groups in total. The van der Waals surface area contributed by atoms with Gasteiger partial charge in [-0.1, -0.05) is 5.98 Å². The first-order chi connectivity index (χ1) is 2.27. The maximum Gasteiger partial charge on any atom is 0.255 e. The summed E-state index contributed by atoms with van der Waals surface area (Å²) in [5, 5.41) is 7.43. The van der Waals surface area contributed by atoms with Crippen LogP contribution < -0.4 is 0 Å². The Hall–Kier alpha value is -0.465. The van der Waals surface area contributed by atoms with Gasteiger partial charge in [-0.3, -0.25) is 0 Å². The van der Waals surface area contributed by atoms with Crippen molar-refractivity contribution in [1.29, 1.82) is 0 Å². The molecule has 0 spiro atoms. The molecule has 0 rings (SSSR count). The van der Waals surface area contributed by atoms with Crippen molar-refractivity contribution in [1.82, 2.24) is 0 Å². The quantitative estimate of drug-likeness (QED) is 0.326. The minimum absolute atomic E-state index is 0.472. The van der Waals surface area contributed by atoms with E-state index in [4.69, 9.17) is 5.11 Å². The molecular weight excluding hydrogens is 69.8 g/mol. The second kappa shape index (κ2) is 1.82. The Morgan fingerprint density at radius 1 is 2.00 bits per heavy atom. The SMILES string of the molecule is [B]/C=C(/O)F. The van der Waals surface area contributed by atoms with Crippen molar-refractivity contribution in [2.75, 3.05) is 0 Å². The van der Waals surface area contributed by atoms with Gasteiger partial charge in [0.15, 0.2) is 0 Å². The molecule has 5 heavy (non-hydrogen) atoms. The summed E-state index contributed by atoms with van der Waals surface area (Å²) in [6.07, 6.45) is 0. The molecule has 0 aromatic rings. The summed E-state index contributed by atoms with van der Waals surface area (Å²) in [5.41, 5.74) is 0. The van der Waals surface area contributed by atoms with Crippen LogP contribution in [0.25, 0.3) is 0 Å². The molecule has 0 bridgehead atoms. The van der Waals surface area contributed by atoms with Crippen molar-refractivity contribution in [3.05, 3.63) is 12.0 Å². The highest BCUT2D eigenvalue weighted by atomic mass is 19.1. The summed E-state index contributed by atoms with van der Waals surface area (Å²) in [6.45, 7) is 0. The summed E-state index contributed by atoms with van der Waals surface area (Å²) in [6, 6.07) is -1.34. The topological polar surface area (TPSA) is 20.2 Å². The highest BCUT2D eigenvalue weighted by Gasteiger charge is 1.70. The van der Waals surface area contributed by atoms with Crippen LogP contribution in [-0.2, 0) is 0 Å². The molecule has 26 valence electrons. The van der Waals surface area contributed by atoms with E-state index in [2.05, 4.69) is 7.85 Å². The van der Waals surface area contributed by atoms with Gasteiger partial charge in [0.25, 0.3) is 6.01 Å². The maximum atomic E-state index is 10.7. The Morgan fingerprint density at radius 3 is 2.20 bits per heavy atom. The average molecular weight is 71.8 g/mol. The molecule has 0 aliphatic carbocycles. The first kappa shape index (κ1) is 4.53. The molecule has 0 aliphatic rings. The van der Waals surface area contributed by atoms with Gasteiger partial charge in [0.1, 0.15) is 7.85 Å². The molecule has 0 saturated carbocycles. The van der Waals surface area contributed by atoms with Gasteiger partial charge < -0.3 is 5.11 Å². The van der Waals surface area contributed by atoms with Gasteiger partial charge in [0.2, 0.25) is 0 Å². The van der Waals surface area contributed by atoms with E-state index in [0.29, 0.717) is 5.98 Å². The standard InChI is InChI=1S/C2H2BFO/c3-1-2(4)5/h1,5H/b2-1+. The number of aliphatic hydroxyl groups is 1. The Labute approximate surface area is 30.5 Å². The monoisotopic (exact) mass is 72.0 g/mol. The molecule has 0 fully saturated rings. The third-order valence-corrected chi connectivity index (χ3v) is 0.138. The van der Waals surface area contributed by atoms with Crippen molar-refractivity contribution in [3.63, 3.8) is 0 Å². The number of rotatable bonds is 0. The predicted octanol–water partition coefficient (Wildman–Crippen LogP) is 0.481. The van der Waals surface area contributed by atoms with Crippen LogP contribution in [0.1, 0.15) is 0 Å². The van der Waals surface area contributed by atoms with Crippen LogP contribution >= 0.6 is 0 Å². The van der Waals surface area contributed by atoms with Crippen LogP contribution in [0.2, 0.25) is 0 Å². The van der Waals surface area contributed by atoms with Crippen LogP contribution in [0.15, 0.2) is 12.0 Å². The first-order valence-corrected chi connectivity index (χ1v) is 1.03. The largest absolute Gasteiger partial charge is 0.487 e. The van der Waals surface area contributed by atoms with Crippen LogP contribution in [0, 0.1) is 0 Å². The molecule has 0 aromatic carbocycles. The fourth-order valence-electron chi connectivity index (χ4n) is 0. The molecule has 0 saturated heterocycles. The molecule has 0 atom stereocenters. The number of hydrogen-bond acceptors (Lipinski definition) is 1. The minimum atomic E-state index is -1.34. The summed E-state index contributed by atoms with van der Waals surface area (Å²) in [7, 11) is 4.38. The molecule has 0 amide bonds. The summed E-state index contributed by atoms with van der Waals surface area (Å²) >= 11 is 0. The smallest absolute Gasteiger partial charge is 0.255 e. The number of hydrogen-bond donors (Lipinski definition) is 1. The van der Waals surface area contributed by atoms with E-state index in [9.17, 15) is 4.39 Å². The molecule has 0 aromatic heterocycles. The van der Waals surface area contributed by atoms with E-state index in [1.165, 1.54) is 0 Å². The Bertz CT molecular complexity index is 47.6. The molecule has 0 unspecified atom stereocenters. The third-order valence-electron chi connectivity index (χ3n) is 0.138. The third kappa shape index (κ3) is 3.53. The van der Waals surface area contributed by atoms with Gasteiger partial charge in [-0.25, -0.2) is 0 Å². The van der Waals surface area contributed by atoms with Crippen molar-refractivity contribution in [3.8, 4) is 0 Å². The van der Waals surface area contributed by atoms with Gasteiger partial charge in [-0.2, -0.15) is 4.39 Å². The van der Waals surface area contributed by atoms with E-state index >= 15 is 0 Å². The van der Waals surface area contributed by atoms with Gasteiger partial charge in [-0.15, -0.1) is 0 Å². The van der Waals surface area contributed by atoms with Crippen LogP contribution in [0.4, 0.5) is 4.39 Å². The van der Waals surface area contributed by atoms with Gasteiger partial charge in [0.05, 0.1) is 0 Å². The highest BCUT2D eigenvalue weighted by Crippen LogP contribution is 1.79. The zero-order chi connectivity index (χ0) is 4.28. The Kier molecular flexibility index (Phi) is 1.65. The van der Waals surface area contributed by atoms with E-state index in [0.717, 1.165) is 0 Å². The lowest BCUT2D eigenvalue weighted by Gasteiger charge is -1.69. The molecule has 2 radical (unpaired) electrons. The second-order valence-corrected chi connectivity index (χ2v) is 0.489. The number of halogens is 1. The number of aliphatic hydroxyl groups excluding tert-OH is 1. The average Bonchev–Trinajstić information content (AvgIpc) is 1.38. The van der Waals surface area contributed by atoms with Gasteiger partial charge >= 0.3 is 0 Å². The zero-order valence-corrected chi connectivity index (χ0v) is 2.48. The van der Waals surface area contributed by atoms with E-state index in [1.807, 2.05) is 0 Å². The van der Waals surface area contributed by atoms with Crippen molar-refractivity contribution < 1.29 is 9.50 Å². The van der Waals surface area contributed by atoms with E-state index in [-0.39, 0.29) is 0 Å². The van der Waals surface area contributed by atoms with Crippen LogP contribution in [-0.4, -0.2) is 13.0 Å². The van der Waals surface area contributed by atoms with E-state index in [1.54, 1.807) is 0 Å². The molecule has 1 nitrogen and oxygen atoms in total. The van der Waals surface area contributed by atoms with Crippen molar-refractivity contribution in [2.45, 2.75) is 0 Å². The van der Waals surface area contributed by atoms with Crippen LogP contribution in [0.3, 0.4) is 0 Å². The summed E-state index contributed by atoms with van der Waals surface area (Å²) in [5.74, 6) is 0.472. The fraction of sp³-hybridized carbons (Fsp3) is 0. The maximum absolute atomic E-state index is 10.7. The lowest BCUT2D eigenvalue weighted by atomic mass is 10.2. The Morgan fingerprint density at radius 2 is 2.20 bits per heavy atom. The predicted molar refractivity (Wildman–Crippen MR) is 17.6 cm³/mol. The molecule has 3 heteroatoms. The molecular formula is C2H2BFO. The summed E-state index contributed by atoms with van der Waals surface area (Å²) in [4.78, 5) is 0. The zero-order valence-electron chi connectivity index (χ0n) is 2.48.